The van der Waals surface area contributed by atoms with E-state index < -0.39 is 0 Å². The maximum absolute atomic E-state index is 13.6. The van der Waals surface area contributed by atoms with Crippen LogP contribution >= 0.6 is 0 Å². The molecule has 6 nitrogen and oxygen atoms in total. The lowest BCUT2D eigenvalue weighted by atomic mass is 9.69. The molecular weight excluding hydrogens is 330 g/mol. The summed E-state index contributed by atoms with van der Waals surface area (Å²) in [5.41, 5.74) is 2.83. The fourth-order valence-corrected chi connectivity index (χ4v) is 5.16. The Morgan fingerprint density at radius 1 is 1.31 bits per heavy atom. The highest BCUT2D eigenvalue weighted by molar-refractivity contribution is 5.95. The highest BCUT2D eigenvalue weighted by atomic mass is 16.5. The number of carbonyl (C=O) groups excluding carboxylic acids is 1. The van der Waals surface area contributed by atoms with Crippen molar-refractivity contribution < 1.29 is 14.6 Å². The normalized spacial score (nSPS) is 33.8. The molecule has 1 N–H and O–H groups in total. The van der Waals surface area contributed by atoms with Gasteiger partial charge in [0.15, 0.2) is 0 Å². The van der Waals surface area contributed by atoms with Crippen molar-refractivity contribution >= 4 is 5.91 Å². The Hall–Kier alpha value is -1.40. The van der Waals surface area contributed by atoms with Crippen LogP contribution in [0, 0.1) is 5.92 Å². The number of amides is 1. The summed E-state index contributed by atoms with van der Waals surface area (Å²) in [7, 11) is 0. The summed E-state index contributed by atoms with van der Waals surface area (Å²) in [5.74, 6) is 0.557. The number of hydrogen-bond donors (Lipinski definition) is 1. The van der Waals surface area contributed by atoms with Crippen molar-refractivity contribution in [2.45, 2.75) is 83.6 Å². The minimum absolute atomic E-state index is 0.0148. The Labute approximate surface area is 155 Å². The molecule has 2 aliphatic heterocycles. The average Bonchev–Trinajstić information content (AvgIpc) is 2.99. The number of rotatable bonds is 3. The number of aromatic nitrogens is 2. The summed E-state index contributed by atoms with van der Waals surface area (Å²) in [6.07, 6.45) is 5.98. The average molecular weight is 361 g/mol. The second kappa shape index (κ2) is 6.64. The van der Waals surface area contributed by atoms with Crippen LogP contribution in [0.2, 0.25) is 0 Å². The third kappa shape index (κ3) is 2.69. The van der Waals surface area contributed by atoms with Gasteiger partial charge in [-0.05, 0) is 58.8 Å². The van der Waals surface area contributed by atoms with E-state index in [1.807, 2.05) is 18.5 Å². The van der Waals surface area contributed by atoms with Crippen molar-refractivity contribution in [2.75, 3.05) is 13.2 Å². The molecule has 1 saturated carbocycles. The van der Waals surface area contributed by atoms with Crippen LogP contribution in [-0.2, 0) is 17.7 Å². The van der Waals surface area contributed by atoms with Crippen molar-refractivity contribution in [1.29, 1.82) is 0 Å². The Morgan fingerprint density at radius 3 is 2.62 bits per heavy atom. The number of fused-ring (bicyclic) bond motifs is 1. The molecule has 0 aromatic carbocycles. The smallest absolute Gasteiger partial charge is 0.272 e. The molecular formula is C20H31N3O3. The van der Waals surface area contributed by atoms with Gasteiger partial charge in [0.1, 0.15) is 5.69 Å². The van der Waals surface area contributed by atoms with Gasteiger partial charge in [-0.1, -0.05) is 0 Å². The summed E-state index contributed by atoms with van der Waals surface area (Å²) in [6.45, 7) is 7.95. The number of aryl methyl sites for hydroxylation is 1. The third-order valence-electron chi connectivity index (χ3n) is 6.81. The molecule has 3 heterocycles. The first-order valence-electron chi connectivity index (χ1n) is 10.2. The molecule has 1 saturated heterocycles. The molecule has 1 amide bonds. The van der Waals surface area contributed by atoms with Crippen LogP contribution in [-0.4, -0.2) is 50.5 Å². The monoisotopic (exact) mass is 361 g/mol. The molecule has 26 heavy (non-hydrogen) atoms. The zero-order chi connectivity index (χ0) is 18.5. The number of nitrogens with zero attached hydrogens (tertiary/aromatic N) is 3. The zero-order valence-electron chi connectivity index (χ0n) is 16.2. The number of aliphatic hydroxyl groups is 1. The standard InChI is InChI=1S/C20H31N3O3/c1-4-23-18(16-11-13(2)26-14(3)17(16)21-23)19(25)22-10-9-20(22)7-5-15(12-24)6-8-20/h13-15,24H,4-12H2,1-3H3/t13-,14+,15?,20?/m0/s1. The van der Waals surface area contributed by atoms with E-state index in [-0.39, 0.29) is 30.3 Å². The van der Waals surface area contributed by atoms with E-state index in [1.165, 1.54) is 0 Å². The van der Waals surface area contributed by atoms with Crippen molar-refractivity contribution in [1.82, 2.24) is 14.7 Å². The van der Waals surface area contributed by atoms with Crippen molar-refractivity contribution in [2.24, 2.45) is 5.92 Å². The zero-order valence-corrected chi connectivity index (χ0v) is 16.2. The number of likely N-dealkylation sites (tertiary alicyclic amines) is 1. The Balaban J connectivity index is 1.63. The maximum atomic E-state index is 13.6. The van der Waals surface area contributed by atoms with Gasteiger partial charge in [-0.25, -0.2) is 0 Å². The van der Waals surface area contributed by atoms with Crippen LogP contribution in [0.3, 0.4) is 0 Å². The summed E-state index contributed by atoms with van der Waals surface area (Å²) in [5, 5.41) is 14.1. The first kappa shape index (κ1) is 18.0. The Kier molecular flexibility index (Phi) is 4.59. The van der Waals surface area contributed by atoms with Gasteiger partial charge in [-0.3, -0.25) is 9.48 Å². The van der Waals surface area contributed by atoms with E-state index in [0.717, 1.165) is 62.0 Å². The van der Waals surface area contributed by atoms with Gasteiger partial charge < -0.3 is 14.7 Å². The van der Waals surface area contributed by atoms with Crippen molar-refractivity contribution in [3.05, 3.63) is 17.0 Å². The van der Waals surface area contributed by atoms with E-state index in [9.17, 15) is 9.90 Å². The lowest BCUT2D eigenvalue weighted by molar-refractivity contribution is -0.0364. The van der Waals surface area contributed by atoms with E-state index in [1.54, 1.807) is 0 Å². The lowest BCUT2D eigenvalue weighted by Crippen LogP contribution is -2.63. The van der Waals surface area contributed by atoms with Gasteiger partial charge in [-0.15, -0.1) is 0 Å². The molecule has 0 bridgehead atoms. The number of carbonyl (C=O) groups is 1. The van der Waals surface area contributed by atoms with E-state index in [2.05, 4.69) is 11.8 Å². The Bertz CT molecular complexity index is 691. The minimum atomic E-state index is -0.0570. The van der Waals surface area contributed by atoms with Crippen molar-refractivity contribution in [3.8, 4) is 0 Å². The fraction of sp³-hybridized carbons (Fsp3) is 0.800. The highest BCUT2D eigenvalue weighted by Gasteiger charge is 2.50. The quantitative estimate of drug-likeness (QED) is 0.899. The molecule has 144 valence electrons. The van der Waals surface area contributed by atoms with Gasteiger partial charge >= 0.3 is 0 Å². The molecule has 0 unspecified atom stereocenters. The van der Waals surface area contributed by atoms with Gasteiger partial charge in [0.05, 0.1) is 17.9 Å². The molecule has 1 spiro atoms. The molecule has 4 rings (SSSR count). The van der Waals surface area contributed by atoms with E-state index in [4.69, 9.17) is 9.84 Å². The number of hydrogen-bond acceptors (Lipinski definition) is 4. The number of ether oxygens (including phenoxy) is 1. The third-order valence-corrected chi connectivity index (χ3v) is 6.81. The molecule has 1 aromatic heterocycles. The first-order valence-corrected chi connectivity index (χ1v) is 10.2. The van der Waals surface area contributed by atoms with Gasteiger partial charge in [0.25, 0.3) is 5.91 Å². The highest BCUT2D eigenvalue weighted by Crippen LogP contribution is 2.46. The molecule has 2 fully saturated rings. The van der Waals surface area contributed by atoms with Gasteiger partial charge in [0, 0.05) is 37.2 Å². The second-order valence-corrected chi connectivity index (χ2v) is 8.38. The minimum Gasteiger partial charge on any atom is -0.396 e. The first-order chi connectivity index (χ1) is 12.5. The summed E-state index contributed by atoms with van der Waals surface area (Å²) < 4.78 is 7.80. The fourth-order valence-electron chi connectivity index (χ4n) is 5.16. The van der Waals surface area contributed by atoms with E-state index >= 15 is 0 Å². The van der Waals surface area contributed by atoms with Gasteiger partial charge in [0.2, 0.25) is 0 Å². The van der Waals surface area contributed by atoms with Crippen LogP contribution < -0.4 is 0 Å². The van der Waals surface area contributed by atoms with Gasteiger partial charge in [-0.2, -0.15) is 5.10 Å². The van der Waals surface area contributed by atoms with Crippen LogP contribution in [0.5, 0.6) is 0 Å². The SMILES string of the molecule is CCn1nc2c(c1C(=O)N1CCC13CCC(CO)CC3)C[C@H](C)O[C@@H]2C. The van der Waals surface area contributed by atoms with Crippen LogP contribution in [0.4, 0.5) is 0 Å². The van der Waals surface area contributed by atoms with Crippen LogP contribution in [0.25, 0.3) is 0 Å². The predicted octanol–water partition coefficient (Wildman–Crippen LogP) is 2.69. The number of aliphatic hydroxyl groups excluding tert-OH is 1. The maximum Gasteiger partial charge on any atom is 0.272 e. The topological polar surface area (TPSA) is 67.6 Å². The largest absolute Gasteiger partial charge is 0.396 e. The van der Waals surface area contributed by atoms with Crippen LogP contribution in [0.1, 0.15) is 80.7 Å². The molecule has 0 radical (unpaired) electrons. The van der Waals surface area contributed by atoms with Crippen LogP contribution in [0.15, 0.2) is 0 Å². The summed E-state index contributed by atoms with van der Waals surface area (Å²) in [4.78, 5) is 15.7. The lowest BCUT2D eigenvalue weighted by Gasteiger charge is -2.56. The van der Waals surface area contributed by atoms with Crippen molar-refractivity contribution in [3.63, 3.8) is 0 Å². The summed E-state index contributed by atoms with van der Waals surface area (Å²) in [6, 6.07) is 0. The Morgan fingerprint density at radius 2 is 2.04 bits per heavy atom. The molecule has 3 aliphatic rings. The molecule has 1 aliphatic carbocycles. The molecule has 6 heteroatoms. The second-order valence-electron chi connectivity index (χ2n) is 8.38. The summed E-state index contributed by atoms with van der Waals surface area (Å²) >= 11 is 0. The molecule has 1 aromatic rings. The molecule has 2 atom stereocenters. The predicted molar refractivity (Wildman–Crippen MR) is 98.0 cm³/mol. The van der Waals surface area contributed by atoms with E-state index in [0.29, 0.717) is 12.5 Å².